The zero-order valence-electron chi connectivity index (χ0n) is 16.1. The number of nitrogens with one attached hydrogen (secondary N) is 1. The van der Waals surface area contributed by atoms with Crippen LogP contribution in [0.15, 0.2) is 36.5 Å². The monoisotopic (exact) mass is 423 g/mol. The Labute approximate surface area is 170 Å². The summed E-state index contributed by atoms with van der Waals surface area (Å²) in [6, 6.07) is 6.90. The van der Waals surface area contributed by atoms with Gasteiger partial charge in [0.25, 0.3) is 5.69 Å². The number of nitro benzene ring substituents is 1. The van der Waals surface area contributed by atoms with E-state index in [-0.39, 0.29) is 23.8 Å². The molecule has 0 saturated carbocycles. The Morgan fingerprint density at radius 1 is 1.20 bits per heavy atom. The van der Waals surface area contributed by atoms with Crippen LogP contribution in [0.2, 0.25) is 0 Å². The topological polar surface area (TPSA) is 91.6 Å². The van der Waals surface area contributed by atoms with E-state index in [1.165, 1.54) is 18.2 Å². The van der Waals surface area contributed by atoms with Crippen molar-refractivity contribution in [2.24, 2.45) is 0 Å². The molecule has 3 rings (SSSR count). The molecule has 2 heterocycles. The molecule has 0 spiro atoms. The average Bonchev–Trinajstić information content (AvgIpc) is 2.69. The van der Waals surface area contributed by atoms with Gasteiger partial charge in [0.05, 0.1) is 17.0 Å². The molecule has 1 aromatic carbocycles. The van der Waals surface area contributed by atoms with Gasteiger partial charge in [0.2, 0.25) is 5.91 Å². The van der Waals surface area contributed by atoms with Gasteiger partial charge in [-0.15, -0.1) is 0 Å². The van der Waals surface area contributed by atoms with Gasteiger partial charge in [0.1, 0.15) is 11.5 Å². The molecule has 0 unspecified atom stereocenters. The minimum atomic E-state index is -4.43. The first-order valence-electron chi connectivity index (χ1n) is 9.19. The maximum atomic E-state index is 12.6. The molecule has 2 aromatic rings. The number of aromatic nitrogens is 1. The van der Waals surface area contributed by atoms with E-state index in [2.05, 4.69) is 10.3 Å². The molecule has 160 valence electrons. The van der Waals surface area contributed by atoms with Gasteiger partial charge in [-0.3, -0.25) is 19.8 Å². The number of benzene rings is 1. The van der Waals surface area contributed by atoms with Gasteiger partial charge in [-0.25, -0.2) is 4.98 Å². The van der Waals surface area contributed by atoms with Crippen molar-refractivity contribution in [2.75, 3.05) is 42.9 Å². The molecule has 0 radical (unpaired) electrons. The first kappa shape index (κ1) is 21.5. The molecule has 30 heavy (non-hydrogen) atoms. The van der Waals surface area contributed by atoms with E-state index in [1.807, 2.05) is 9.80 Å². The number of halogens is 3. The zero-order chi connectivity index (χ0) is 21.9. The summed E-state index contributed by atoms with van der Waals surface area (Å²) < 4.78 is 37.9. The Morgan fingerprint density at radius 3 is 2.47 bits per heavy atom. The Hall–Kier alpha value is -3.21. The molecule has 8 nitrogen and oxygen atoms in total. The molecular weight excluding hydrogens is 403 g/mol. The number of nitrogens with zero attached hydrogens (tertiary/aromatic N) is 4. The van der Waals surface area contributed by atoms with Crippen LogP contribution in [0, 0.1) is 17.0 Å². The summed E-state index contributed by atoms with van der Waals surface area (Å²) >= 11 is 0. The quantitative estimate of drug-likeness (QED) is 0.587. The fourth-order valence-corrected chi connectivity index (χ4v) is 3.17. The second-order valence-electron chi connectivity index (χ2n) is 6.99. The van der Waals surface area contributed by atoms with Crippen LogP contribution in [0.25, 0.3) is 0 Å². The Kier molecular flexibility index (Phi) is 6.20. The highest BCUT2D eigenvalue weighted by Crippen LogP contribution is 2.29. The van der Waals surface area contributed by atoms with Crippen LogP contribution in [-0.2, 0) is 11.0 Å². The van der Waals surface area contributed by atoms with Crippen LogP contribution in [-0.4, -0.2) is 53.4 Å². The van der Waals surface area contributed by atoms with E-state index < -0.39 is 16.7 Å². The minimum absolute atomic E-state index is 0.0549. The molecular formula is C19H20F3N5O3. The summed E-state index contributed by atoms with van der Waals surface area (Å²) in [5.74, 6) is 0.0745. The second kappa shape index (κ2) is 8.66. The Bertz CT molecular complexity index is 926. The van der Waals surface area contributed by atoms with Crippen LogP contribution in [0.3, 0.4) is 0 Å². The lowest BCUT2D eigenvalue weighted by Gasteiger charge is -2.35. The van der Waals surface area contributed by atoms with Crippen LogP contribution in [0.1, 0.15) is 11.1 Å². The minimum Gasteiger partial charge on any atom is -0.354 e. The smallest absolute Gasteiger partial charge is 0.354 e. The normalized spacial score (nSPS) is 15.1. The van der Waals surface area contributed by atoms with Gasteiger partial charge in [0, 0.05) is 38.4 Å². The number of pyridine rings is 1. The molecule has 1 saturated heterocycles. The van der Waals surface area contributed by atoms with Gasteiger partial charge in [-0.05, 0) is 30.7 Å². The Balaban J connectivity index is 1.54. The first-order valence-corrected chi connectivity index (χ1v) is 9.19. The summed E-state index contributed by atoms with van der Waals surface area (Å²) in [5.41, 5.74) is -0.107. The first-order chi connectivity index (χ1) is 14.1. The summed E-state index contributed by atoms with van der Waals surface area (Å²) in [6.45, 7) is 3.79. The SMILES string of the molecule is Cc1ccc(NC(=O)CN2CCN(c3ccc(C(F)(F)F)cn3)CC2)c([N+](=O)[O-])c1. The third-order valence-corrected chi connectivity index (χ3v) is 4.76. The standard InChI is InChI=1S/C19H20F3N5O3/c1-13-2-4-15(16(10-13)27(29)30)24-18(28)12-25-6-8-26(9-7-25)17-5-3-14(11-23-17)19(20,21)22/h2-5,10-11H,6-9,12H2,1H3,(H,24,28). The van der Waals surface area contributed by atoms with E-state index in [1.54, 1.807) is 13.0 Å². The number of rotatable bonds is 5. The highest BCUT2D eigenvalue weighted by Gasteiger charge is 2.31. The van der Waals surface area contributed by atoms with Crippen LogP contribution in [0.4, 0.5) is 30.4 Å². The summed E-state index contributed by atoms with van der Waals surface area (Å²) in [6.07, 6.45) is -3.62. The van der Waals surface area contributed by atoms with Gasteiger partial charge in [0.15, 0.2) is 0 Å². The predicted octanol–water partition coefficient (Wildman–Crippen LogP) is 3.08. The third-order valence-electron chi connectivity index (χ3n) is 4.76. The number of nitro groups is 1. The third kappa shape index (κ3) is 5.23. The van der Waals surface area contributed by atoms with Crippen molar-refractivity contribution < 1.29 is 22.9 Å². The van der Waals surface area contributed by atoms with E-state index in [9.17, 15) is 28.1 Å². The molecule has 1 aliphatic rings. The van der Waals surface area contributed by atoms with Crippen molar-refractivity contribution in [3.8, 4) is 0 Å². The Morgan fingerprint density at radius 2 is 1.90 bits per heavy atom. The van der Waals surface area contributed by atoms with E-state index in [0.717, 1.165) is 12.3 Å². The number of piperazine rings is 1. The van der Waals surface area contributed by atoms with Crippen molar-refractivity contribution in [3.05, 3.63) is 57.8 Å². The maximum Gasteiger partial charge on any atom is 0.417 e. The zero-order valence-corrected chi connectivity index (χ0v) is 16.1. The average molecular weight is 423 g/mol. The maximum absolute atomic E-state index is 12.6. The number of carbonyl (C=O) groups is 1. The van der Waals surface area contributed by atoms with Crippen molar-refractivity contribution in [3.63, 3.8) is 0 Å². The van der Waals surface area contributed by atoms with E-state index >= 15 is 0 Å². The molecule has 11 heteroatoms. The van der Waals surface area contributed by atoms with Gasteiger partial charge in [-0.2, -0.15) is 13.2 Å². The van der Waals surface area contributed by atoms with Gasteiger partial charge in [-0.1, -0.05) is 6.07 Å². The van der Waals surface area contributed by atoms with E-state index in [0.29, 0.717) is 37.6 Å². The van der Waals surface area contributed by atoms with Crippen LogP contribution in [0.5, 0.6) is 0 Å². The number of amides is 1. The lowest BCUT2D eigenvalue weighted by Crippen LogP contribution is -2.49. The molecule has 1 aromatic heterocycles. The number of hydrogen-bond acceptors (Lipinski definition) is 6. The lowest BCUT2D eigenvalue weighted by atomic mass is 10.2. The largest absolute Gasteiger partial charge is 0.417 e. The van der Waals surface area contributed by atoms with Crippen molar-refractivity contribution in [2.45, 2.75) is 13.1 Å². The molecule has 0 aliphatic carbocycles. The fraction of sp³-hybridized carbons (Fsp3) is 0.368. The number of anilines is 2. The predicted molar refractivity (Wildman–Crippen MR) is 104 cm³/mol. The van der Waals surface area contributed by atoms with Crippen molar-refractivity contribution in [1.82, 2.24) is 9.88 Å². The number of aryl methyl sites for hydroxylation is 1. The van der Waals surface area contributed by atoms with Gasteiger partial charge < -0.3 is 10.2 Å². The van der Waals surface area contributed by atoms with E-state index in [4.69, 9.17) is 0 Å². The fourth-order valence-electron chi connectivity index (χ4n) is 3.17. The van der Waals surface area contributed by atoms with Gasteiger partial charge >= 0.3 is 6.18 Å². The molecule has 1 aliphatic heterocycles. The number of hydrogen-bond donors (Lipinski definition) is 1. The van der Waals surface area contributed by atoms with Crippen molar-refractivity contribution >= 4 is 23.1 Å². The highest BCUT2D eigenvalue weighted by atomic mass is 19.4. The number of carbonyl (C=O) groups excluding carboxylic acids is 1. The van der Waals surface area contributed by atoms with Crippen LogP contribution >= 0.6 is 0 Å². The summed E-state index contributed by atoms with van der Waals surface area (Å²) in [7, 11) is 0. The number of alkyl halides is 3. The highest BCUT2D eigenvalue weighted by molar-refractivity contribution is 5.94. The summed E-state index contributed by atoms with van der Waals surface area (Å²) in [5, 5.41) is 13.7. The molecule has 0 bridgehead atoms. The molecule has 1 N–H and O–H groups in total. The summed E-state index contributed by atoms with van der Waals surface area (Å²) in [4.78, 5) is 30.5. The second-order valence-corrected chi connectivity index (χ2v) is 6.99. The van der Waals surface area contributed by atoms with Crippen molar-refractivity contribution in [1.29, 1.82) is 0 Å². The molecule has 1 amide bonds. The lowest BCUT2D eigenvalue weighted by molar-refractivity contribution is -0.384. The molecule has 0 atom stereocenters. The molecule has 1 fully saturated rings. The van der Waals surface area contributed by atoms with Crippen LogP contribution < -0.4 is 10.2 Å².